The number of benzene rings is 3. The van der Waals surface area contributed by atoms with E-state index < -0.39 is 0 Å². The van der Waals surface area contributed by atoms with E-state index in [4.69, 9.17) is 4.74 Å². The van der Waals surface area contributed by atoms with Gasteiger partial charge in [0.25, 0.3) is 11.8 Å². The molecule has 3 aromatic rings. The van der Waals surface area contributed by atoms with Crippen LogP contribution in [0.3, 0.4) is 0 Å². The molecule has 0 N–H and O–H groups in total. The van der Waals surface area contributed by atoms with Crippen molar-refractivity contribution in [3.8, 4) is 5.75 Å². The molecule has 0 spiro atoms. The van der Waals surface area contributed by atoms with Crippen LogP contribution in [0.2, 0.25) is 0 Å². The molecule has 0 fully saturated rings. The normalized spacial score (nSPS) is 17.5. The Hall–Kier alpha value is -3.60. The van der Waals surface area contributed by atoms with E-state index in [9.17, 15) is 9.59 Å². The lowest BCUT2D eigenvalue weighted by atomic mass is 10.0. The van der Waals surface area contributed by atoms with Crippen molar-refractivity contribution >= 4 is 11.8 Å². The maximum absolute atomic E-state index is 13.8. The number of para-hydroxylation sites is 1. The number of rotatable bonds is 4. The molecule has 0 aromatic heterocycles. The summed E-state index contributed by atoms with van der Waals surface area (Å²) < 4.78 is 6.37. The van der Waals surface area contributed by atoms with Crippen LogP contribution in [-0.4, -0.2) is 53.9 Å². The predicted octanol–water partition coefficient (Wildman–Crippen LogP) is 6.16. The average Bonchev–Trinajstić information content (AvgIpc) is 2.93. The number of amides is 2. The van der Waals surface area contributed by atoms with Crippen LogP contribution in [0.25, 0.3) is 0 Å². The largest absolute Gasteiger partial charge is 0.491 e. The van der Waals surface area contributed by atoms with Gasteiger partial charge < -0.3 is 14.5 Å². The second kappa shape index (κ2) is 13.1. The van der Waals surface area contributed by atoms with Crippen molar-refractivity contribution < 1.29 is 14.3 Å². The smallest absolute Gasteiger partial charge is 0.257 e. The first kappa shape index (κ1) is 26.5. The van der Waals surface area contributed by atoms with Crippen LogP contribution in [0.15, 0.2) is 78.9 Å². The lowest BCUT2D eigenvalue weighted by Gasteiger charge is -2.33. The SMILES string of the molecule is CCN1CCCCCCN(C(=O)c2ccc(C)cc2)[C@@H](Cc2ccccc2)COc2ccccc2C1=O. The highest BCUT2D eigenvalue weighted by Crippen LogP contribution is 2.23. The molecule has 0 saturated heterocycles. The van der Waals surface area contributed by atoms with Crippen LogP contribution in [0, 0.1) is 6.92 Å². The number of ether oxygens (including phenoxy) is 1. The summed E-state index contributed by atoms with van der Waals surface area (Å²) in [6.45, 7) is 6.43. The Labute approximate surface area is 221 Å². The summed E-state index contributed by atoms with van der Waals surface area (Å²) in [7, 11) is 0. The summed E-state index contributed by atoms with van der Waals surface area (Å²) in [6, 6.07) is 25.3. The highest BCUT2D eigenvalue weighted by Gasteiger charge is 2.27. The molecule has 0 aliphatic carbocycles. The maximum Gasteiger partial charge on any atom is 0.257 e. The van der Waals surface area contributed by atoms with E-state index in [1.165, 1.54) is 0 Å². The molecule has 0 bridgehead atoms. The van der Waals surface area contributed by atoms with Gasteiger partial charge in [-0.2, -0.15) is 0 Å². The Morgan fingerprint density at radius 2 is 1.54 bits per heavy atom. The van der Waals surface area contributed by atoms with E-state index in [-0.39, 0.29) is 17.9 Å². The quantitative estimate of drug-likeness (QED) is 0.433. The summed E-state index contributed by atoms with van der Waals surface area (Å²) in [6.07, 6.45) is 4.58. The number of hydrogen-bond acceptors (Lipinski definition) is 3. The molecule has 1 aliphatic rings. The maximum atomic E-state index is 13.8. The van der Waals surface area contributed by atoms with Gasteiger partial charge in [0.1, 0.15) is 12.4 Å². The third-order valence-corrected chi connectivity index (χ3v) is 7.11. The third-order valence-electron chi connectivity index (χ3n) is 7.11. The van der Waals surface area contributed by atoms with Crippen molar-refractivity contribution in [2.45, 2.75) is 52.0 Å². The minimum absolute atomic E-state index is 0.00218. The Morgan fingerprint density at radius 3 is 2.27 bits per heavy atom. The Bertz CT molecular complexity index is 1160. The number of fused-ring (bicyclic) bond motifs is 1. The van der Waals surface area contributed by atoms with E-state index in [1.807, 2.05) is 90.4 Å². The van der Waals surface area contributed by atoms with Crippen LogP contribution in [-0.2, 0) is 6.42 Å². The van der Waals surface area contributed by atoms with E-state index >= 15 is 0 Å². The Kier molecular flexibility index (Phi) is 9.36. The summed E-state index contributed by atoms with van der Waals surface area (Å²) in [5.74, 6) is 0.601. The van der Waals surface area contributed by atoms with Crippen LogP contribution in [0.4, 0.5) is 0 Å². The fourth-order valence-electron chi connectivity index (χ4n) is 4.92. The predicted molar refractivity (Wildman–Crippen MR) is 148 cm³/mol. The van der Waals surface area contributed by atoms with Gasteiger partial charge in [-0.3, -0.25) is 9.59 Å². The molecule has 2 amide bonds. The molecule has 1 aliphatic heterocycles. The van der Waals surface area contributed by atoms with Crippen LogP contribution in [0.1, 0.15) is 64.4 Å². The van der Waals surface area contributed by atoms with Crippen molar-refractivity contribution in [2.75, 3.05) is 26.2 Å². The average molecular weight is 499 g/mol. The molecule has 1 heterocycles. The van der Waals surface area contributed by atoms with Gasteiger partial charge in [-0.15, -0.1) is 0 Å². The first-order valence-electron chi connectivity index (χ1n) is 13.5. The van der Waals surface area contributed by atoms with Gasteiger partial charge in [0.2, 0.25) is 0 Å². The molecular formula is C32H38N2O3. The number of nitrogens with zero attached hydrogens (tertiary/aromatic N) is 2. The second-order valence-electron chi connectivity index (χ2n) is 9.81. The molecule has 5 nitrogen and oxygen atoms in total. The summed E-state index contributed by atoms with van der Waals surface area (Å²) >= 11 is 0. The van der Waals surface area contributed by atoms with Crippen molar-refractivity contribution in [3.05, 3.63) is 101 Å². The van der Waals surface area contributed by atoms with E-state index in [0.717, 1.165) is 43.4 Å². The lowest BCUT2D eigenvalue weighted by Crippen LogP contribution is -2.45. The van der Waals surface area contributed by atoms with Crippen molar-refractivity contribution in [2.24, 2.45) is 0 Å². The third kappa shape index (κ3) is 7.00. The Balaban J connectivity index is 1.68. The van der Waals surface area contributed by atoms with Gasteiger partial charge in [0, 0.05) is 25.2 Å². The van der Waals surface area contributed by atoms with Crippen LogP contribution < -0.4 is 4.74 Å². The van der Waals surface area contributed by atoms with Gasteiger partial charge >= 0.3 is 0 Å². The molecule has 3 aromatic carbocycles. The molecule has 4 rings (SSSR count). The molecule has 0 radical (unpaired) electrons. The lowest BCUT2D eigenvalue weighted by molar-refractivity contribution is 0.0597. The van der Waals surface area contributed by atoms with Gasteiger partial charge in [0.15, 0.2) is 0 Å². The number of hydrogen-bond donors (Lipinski definition) is 0. The van der Waals surface area contributed by atoms with Gasteiger partial charge in [0.05, 0.1) is 11.6 Å². The second-order valence-corrected chi connectivity index (χ2v) is 9.81. The number of carbonyl (C=O) groups is 2. The van der Waals surface area contributed by atoms with Crippen LogP contribution in [0.5, 0.6) is 5.75 Å². The highest BCUT2D eigenvalue weighted by molar-refractivity contribution is 5.97. The van der Waals surface area contributed by atoms with Crippen molar-refractivity contribution in [1.29, 1.82) is 0 Å². The Morgan fingerprint density at radius 1 is 0.865 bits per heavy atom. The van der Waals surface area contributed by atoms with Gasteiger partial charge in [-0.25, -0.2) is 0 Å². The summed E-state index contributed by atoms with van der Waals surface area (Å²) in [5, 5.41) is 0. The first-order valence-corrected chi connectivity index (χ1v) is 13.5. The van der Waals surface area contributed by atoms with E-state index in [0.29, 0.717) is 43.0 Å². The number of carbonyl (C=O) groups excluding carboxylic acids is 2. The minimum atomic E-state index is -0.176. The van der Waals surface area contributed by atoms with E-state index in [1.54, 1.807) is 0 Å². The van der Waals surface area contributed by atoms with E-state index in [2.05, 4.69) is 12.1 Å². The topological polar surface area (TPSA) is 49.9 Å². The number of aryl methyl sites for hydroxylation is 1. The summed E-state index contributed by atoms with van der Waals surface area (Å²) in [4.78, 5) is 31.1. The molecule has 37 heavy (non-hydrogen) atoms. The molecule has 5 heteroatoms. The van der Waals surface area contributed by atoms with Gasteiger partial charge in [-0.05, 0) is 62.9 Å². The molecule has 194 valence electrons. The first-order chi connectivity index (χ1) is 18.1. The molecule has 0 unspecified atom stereocenters. The van der Waals surface area contributed by atoms with Crippen molar-refractivity contribution in [3.63, 3.8) is 0 Å². The molecular weight excluding hydrogens is 460 g/mol. The van der Waals surface area contributed by atoms with Crippen LogP contribution >= 0.6 is 0 Å². The standard InChI is InChI=1S/C32H38N2O3/c1-3-33-21-11-4-5-12-22-34(31(35)27-19-17-25(2)18-20-27)28(23-26-13-7-6-8-14-26)24-37-30-16-10-9-15-29(30)32(33)36/h6-10,13-20,28H,3-5,11-12,21-24H2,1-2H3/t28-/m0/s1. The highest BCUT2D eigenvalue weighted by atomic mass is 16.5. The zero-order valence-corrected chi connectivity index (χ0v) is 22.1. The minimum Gasteiger partial charge on any atom is -0.491 e. The fourth-order valence-corrected chi connectivity index (χ4v) is 4.92. The van der Waals surface area contributed by atoms with Crippen molar-refractivity contribution in [1.82, 2.24) is 9.80 Å². The summed E-state index contributed by atoms with van der Waals surface area (Å²) in [5.41, 5.74) is 3.56. The molecule has 0 saturated carbocycles. The monoisotopic (exact) mass is 498 g/mol. The fraction of sp³-hybridized carbons (Fsp3) is 0.375. The van der Waals surface area contributed by atoms with Gasteiger partial charge in [-0.1, -0.05) is 73.0 Å². The molecule has 1 atom stereocenters. The zero-order chi connectivity index (χ0) is 26.0. The zero-order valence-electron chi connectivity index (χ0n) is 22.1.